The molecule has 0 radical (unpaired) electrons. The zero-order chi connectivity index (χ0) is 16.4. The van der Waals surface area contributed by atoms with Crippen LogP contribution in [0.2, 0.25) is 18.1 Å². The van der Waals surface area contributed by atoms with Gasteiger partial charge in [-0.3, -0.25) is 4.79 Å². The minimum atomic E-state index is -1.72. The van der Waals surface area contributed by atoms with Crippen molar-refractivity contribution >= 4 is 26.0 Å². The van der Waals surface area contributed by atoms with Gasteiger partial charge in [-0.05, 0) is 36.7 Å². The second-order valence-corrected chi connectivity index (χ2v) is 13.4. The van der Waals surface area contributed by atoms with Crippen LogP contribution in [0.1, 0.15) is 27.2 Å². The van der Waals surface area contributed by atoms with Gasteiger partial charge in [0.1, 0.15) is 0 Å². The second-order valence-electron chi connectivity index (χ2n) is 7.36. The molecule has 0 bridgehead atoms. The van der Waals surface area contributed by atoms with Crippen LogP contribution in [0.4, 0.5) is 0 Å². The van der Waals surface area contributed by atoms with Crippen molar-refractivity contribution in [2.45, 2.75) is 55.6 Å². The average Bonchev–Trinajstić information content (AvgIpc) is 2.43. The van der Waals surface area contributed by atoms with Crippen LogP contribution in [0.15, 0.2) is 35.2 Å². The highest BCUT2D eigenvalue weighted by Crippen LogP contribution is 2.38. The number of rotatable bonds is 6. The number of benzene rings is 1. The molecule has 2 rings (SSSR count). The zero-order valence-corrected chi connectivity index (χ0v) is 16.0. The second kappa shape index (κ2) is 6.77. The first-order valence-electron chi connectivity index (χ1n) is 7.87. The summed E-state index contributed by atoms with van der Waals surface area (Å²) in [4.78, 5) is 13.0. The number of carbonyl (C=O) groups is 1. The maximum atomic E-state index is 11.8. The van der Waals surface area contributed by atoms with Gasteiger partial charge in [-0.1, -0.05) is 39.0 Å². The van der Waals surface area contributed by atoms with Crippen molar-refractivity contribution < 1.29 is 9.22 Å². The molecule has 5 heteroatoms. The largest absolute Gasteiger partial charge is 0.417 e. The summed E-state index contributed by atoms with van der Waals surface area (Å²) in [6.45, 7) is 11.9. The maximum Gasteiger partial charge on any atom is 0.227 e. The summed E-state index contributed by atoms with van der Waals surface area (Å²) in [6.07, 6.45) is 0.808. The number of nitrogens with one attached hydrogen (secondary N) is 1. The number of hydrogen-bond acceptors (Lipinski definition) is 3. The molecule has 0 saturated carbocycles. The van der Waals surface area contributed by atoms with Crippen molar-refractivity contribution in [2.24, 2.45) is 5.92 Å². The first-order chi connectivity index (χ1) is 10.2. The van der Waals surface area contributed by atoms with E-state index in [1.807, 2.05) is 18.2 Å². The van der Waals surface area contributed by atoms with E-state index in [2.05, 4.69) is 51.3 Å². The number of β-lactam (4-membered cyclic amide) rings is 1. The Balaban J connectivity index is 1.83. The van der Waals surface area contributed by atoms with Crippen LogP contribution >= 0.6 is 11.8 Å². The lowest BCUT2D eigenvalue weighted by molar-refractivity contribution is -0.132. The lowest BCUT2D eigenvalue weighted by Gasteiger charge is -2.39. The molecule has 2 atom stereocenters. The van der Waals surface area contributed by atoms with E-state index >= 15 is 0 Å². The molecular weight excluding hydrogens is 310 g/mol. The van der Waals surface area contributed by atoms with Crippen LogP contribution < -0.4 is 5.32 Å². The van der Waals surface area contributed by atoms with Gasteiger partial charge in [0.2, 0.25) is 5.91 Å². The number of amides is 1. The number of thioether (sulfide) groups is 1. The summed E-state index contributed by atoms with van der Waals surface area (Å²) < 4.78 is 6.20. The van der Waals surface area contributed by atoms with Gasteiger partial charge in [0.15, 0.2) is 8.32 Å². The Morgan fingerprint density at radius 1 is 1.23 bits per heavy atom. The van der Waals surface area contributed by atoms with Crippen LogP contribution in [0.25, 0.3) is 0 Å². The summed E-state index contributed by atoms with van der Waals surface area (Å²) in [7, 11) is -1.72. The fraction of sp³-hybridized carbons (Fsp3) is 0.588. The lowest BCUT2D eigenvalue weighted by atomic mass is 9.98. The molecule has 1 amide bonds. The first-order valence-corrected chi connectivity index (χ1v) is 11.7. The summed E-state index contributed by atoms with van der Waals surface area (Å²) in [5.41, 5.74) is 0. The first kappa shape index (κ1) is 17.6. The maximum absolute atomic E-state index is 11.8. The third-order valence-corrected chi connectivity index (χ3v) is 10.5. The predicted octanol–water partition coefficient (Wildman–Crippen LogP) is 4.26. The van der Waals surface area contributed by atoms with Crippen LogP contribution in [-0.2, 0) is 9.22 Å². The quantitative estimate of drug-likeness (QED) is 0.622. The van der Waals surface area contributed by atoms with E-state index in [-0.39, 0.29) is 22.2 Å². The highest BCUT2D eigenvalue weighted by Gasteiger charge is 2.41. The van der Waals surface area contributed by atoms with E-state index < -0.39 is 8.32 Å². The molecule has 0 aromatic heterocycles. The number of hydrogen-bond donors (Lipinski definition) is 1. The molecule has 22 heavy (non-hydrogen) atoms. The topological polar surface area (TPSA) is 38.3 Å². The molecule has 1 heterocycles. The van der Waals surface area contributed by atoms with Crippen molar-refractivity contribution in [3.05, 3.63) is 30.3 Å². The molecule has 1 aromatic rings. The molecule has 1 aliphatic rings. The van der Waals surface area contributed by atoms with E-state index in [0.29, 0.717) is 6.61 Å². The average molecular weight is 338 g/mol. The zero-order valence-electron chi connectivity index (χ0n) is 14.2. The Bertz CT molecular complexity index is 513. The van der Waals surface area contributed by atoms with Crippen LogP contribution in [0, 0.1) is 5.92 Å². The highest BCUT2D eigenvalue weighted by molar-refractivity contribution is 8.00. The van der Waals surface area contributed by atoms with Gasteiger partial charge in [0, 0.05) is 11.5 Å². The molecule has 122 valence electrons. The predicted molar refractivity (Wildman–Crippen MR) is 95.5 cm³/mol. The number of carbonyl (C=O) groups excluding carboxylic acids is 1. The SMILES string of the molecule is CC(C)(C)[Si](C)(C)OCC[C@H]1C(=O)N[C@@H]1Sc1ccccc1. The fourth-order valence-electron chi connectivity index (χ4n) is 2.09. The highest BCUT2D eigenvalue weighted by atomic mass is 32.2. The third kappa shape index (κ3) is 4.15. The Morgan fingerprint density at radius 3 is 2.41 bits per heavy atom. The van der Waals surface area contributed by atoms with Gasteiger partial charge in [0.05, 0.1) is 11.3 Å². The van der Waals surface area contributed by atoms with Crippen LogP contribution in [0.3, 0.4) is 0 Å². The molecule has 0 aliphatic carbocycles. The Hall–Kier alpha value is -0.783. The Morgan fingerprint density at radius 2 is 1.86 bits per heavy atom. The van der Waals surface area contributed by atoms with Gasteiger partial charge < -0.3 is 9.74 Å². The van der Waals surface area contributed by atoms with E-state index in [0.717, 1.165) is 6.42 Å². The lowest BCUT2D eigenvalue weighted by Crippen LogP contribution is -2.56. The van der Waals surface area contributed by atoms with E-state index in [4.69, 9.17) is 4.43 Å². The molecule has 0 spiro atoms. The van der Waals surface area contributed by atoms with Gasteiger partial charge in [-0.25, -0.2) is 0 Å². The molecule has 3 nitrogen and oxygen atoms in total. The van der Waals surface area contributed by atoms with Crippen LogP contribution in [0.5, 0.6) is 0 Å². The van der Waals surface area contributed by atoms with Crippen molar-refractivity contribution in [1.29, 1.82) is 0 Å². The van der Waals surface area contributed by atoms with Gasteiger partial charge >= 0.3 is 0 Å². The Labute approximate surface area is 139 Å². The standard InChI is InChI=1S/C17H27NO2SSi/c1-17(2,3)22(4,5)20-12-11-14-15(19)18-16(14)21-13-9-7-6-8-10-13/h6-10,14,16H,11-12H2,1-5H3,(H,18,19)/t14-,16+/m0/s1. The summed E-state index contributed by atoms with van der Waals surface area (Å²) in [5.74, 6) is 0.224. The summed E-state index contributed by atoms with van der Waals surface area (Å²) in [5, 5.41) is 3.39. The van der Waals surface area contributed by atoms with Crippen molar-refractivity contribution in [1.82, 2.24) is 5.32 Å². The van der Waals surface area contributed by atoms with Crippen molar-refractivity contribution in [2.75, 3.05) is 6.61 Å². The molecule has 0 unspecified atom stereocenters. The normalized spacial score (nSPS) is 22.1. The molecule has 1 saturated heterocycles. The van der Waals surface area contributed by atoms with E-state index in [1.54, 1.807) is 11.8 Å². The summed E-state index contributed by atoms with van der Waals surface area (Å²) >= 11 is 1.73. The summed E-state index contributed by atoms with van der Waals surface area (Å²) in [6, 6.07) is 10.2. The van der Waals surface area contributed by atoms with Gasteiger partial charge in [-0.2, -0.15) is 0 Å². The molecule has 1 fully saturated rings. The Kier molecular flexibility index (Phi) is 5.40. The van der Waals surface area contributed by atoms with Gasteiger partial charge in [0.25, 0.3) is 0 Å². The molecule has 1 aromatic carbocycles. The molecular formula is C17H27NO2SSi. The van der Waals surface area contributed by atoms with Gasteiger partial charge in [-0.15, -0.1) is 11.8 Å². The molecule has 1 aliphatic heterocycles. The van der Waals surface area contributed by atoms with Crippen LogP contribution in [-0.4, -0.2) is 26.2 Å². The van der Waals surface area contributed by atoms with Crippen molar-refractivity contribution in [3.63, 3.8) is 0 Å². The minimum absolute atomic E-state index is 0.0648. The fourth-order valence-corrected chi connectivity index (χ4v) is 4.35. The third-order valence-electron chi connectivity index (χ3n) is 4.69. The smallest absolute Gasteiger partial charge is 0.227 e. The minimum Gasteiger partial charge on any atom is -0.417 e. The van der Waals surface area contributed by atoms with Crippen molar-refractivity contribution in [3.8, 4) is 0 Å². The van der Waals surface area contributed by atoms with E-state index in [1.165, 1.54) is 4.90 Å². The monoisotopic (exact) mass is 337 g/mol. The molecule has 1 N–H and O–H groups in total. The van der Waals surface area contributed by atoms with E-state index in [9.17, 15) is 4.79 Å².